The van der Waals surface area contributed by atoms with Crippen LogP contribution >= 0.6 is 0 Å². The average molecular weight is 377 g/mol. The monoisotopic (exact) mass is 377 g/mol. The maximum atomic E-state index is 13.6. The summed E-state index contributed by atoms with van der Waals surface area (Å²) in [6.45, 7) is 1.31. The molecule has 0 spiro atoms. The summed E-state index contributed by atoms with van der Waals surface area (Å²) in [5.74, 6) is -6.02. The molecular weight excluding hydrogens is 359 g/mol. The van der Waals surface area contributed by atoms with Crippen LogP contribution in [0.4, 0.5) is 18.9 Å². The molecule has 1 N–H and O–H groups in total. The van der Waals surface area contributed by atoms with Crippen molar-refractivity contribution in [1.29, 1.82) is 0 Å². The number of benzene rings is 2. The second-order valence-corrected chi connectivity index (χ2v) is 6.48. The van der Waals surface area contributed by atoms with Gasteiger partial charge in [0.25, 0.3) is 5.91 Å². The predicted molar refractivity (Wildman–Crippen MR) is 92.7 cm³/mol. The number of nitrogens with one attached hydrogen (secondary N) is 1. The minimum atomic E-state index is -1.69. The van der Waals surface area contributed by atoms with Gasteiger partial charge in [0.15, 0.2) is 23.6 Å². The first-order valence-electron chi connectivity index (χ1n) is 8.59. The van der Waals surface area contributed by atoms with E-state index in [4.69, 9.17) is 4.74 Å². The van der Waals surface area contributed by atoms with Crippen LogP contribution in [0.25, 0.3) is 0 Å². The molecule has 1 aliphatic carbocycles. The summed E-state index contributed by atoms with van der Waals surface area (Å²) in [4.78, 5) is 24.1. The van der Waals surface area contributed by atoms with Crippen molar-refractivity contribution in [3.05, 3.63) is 64.5 Å². The van der Waals surface area contributed by atoms with Gasteiger partial charge in [-0.15, -0.1) is 0 Å². The second kappa shape index (κ2) is 7.82. The quantitative estimate of drug-likeness (QED) is 0.639. The van der Waals surface area contributed by atoms with Crippen molar-refractivity contribution in [1.82, 2.24) is 0 Å². The zero-order chi connectivity index (χ0) is 19.6. The van der Waals surface area contributed by atoms with Crippen molar-refractivity contribution in [3.8, 4) is 0 Å². The summed E-state index contributed by atoms with van der Waals surface area (Å²) >= 11 is 0. The zero-order valence-electron chi connectivity index (χ0n) is 14.7. The van der Waals surface area contributed by atoms with Gasteiger partial charge in [0.05, 0.1) is 12.1 Å². The molecule has 0 aliphatic heterocycles. The molecule has 0 unspecified atom stereocenters. The van der Waals surface area contributed by atoms with Gasteiger partial charge in [-0.25, -0.2) is 13.2 Å². The Morgan fingerprint density at radius 2 is 1.81 bits per heavy atom. The molecule has 2 aromatic carbocycles. The summed E-state index contributed by atoms with van der Waals surface area (Å²) in [5, 5.41) is 2.08. The van der Waals surface area contributed by atoms with Gasteiger partial charge in [0, 0.05) is 0 Å². The summed E-state index contributed by atoms with van der Waals surface area (Å²) < 4.78 is 44.8. The Hall–Kier alpha value is -2.83. The summed E-state index contributed by atoms with van der Waals surface area (Å²) in [6.07, 6.45) is 1.90. The number of esters is 1. The fourth-order valence-corrected chi connectivity index (χ4v) is 3.05. The van der Waals surface area contributed by atoms with Gasteiger partial charge in [0.1, 0.15) is 0 Å². The minimum absolute atomic E-state index is 0.00440. The van der Waals surface area contributed by atoms with Gasteiger partial charge in [-0.1, -0.05) is 18.2 Å². The van der Waals surface area contributed by atoms with Crippen molar-refractivity contribution >= 4 is 17.6 Å². The molecular formula is C20H18F3NO3. The molecule has 7 heteroatoms. The van der Waals surface area contributed by atoms with E-state index in [-0.39, 0.29) is 6.42 Å². The zero-order valence-corrected chi connectivity index (χ0v) is 14.7. The Kier molecular flexibility index (Phi) is 5.48. The number of rotatable bonds is 5. The van der Waals surface area contributed by atoms with Crippen LogP contribution in [-0.2, 0) is 33.6 Å². The normalized spacial score (nSPS) is 13.8. The number of fused-ring (bicyclic) bond motifs is 1. The smallest absolute Gasteiger partial charge is 0.311 e. The highest BCUT2D eigenvalue weighted by Crippen LogP contribution is 2.23. The highest BCUT2D eigenvalue weighted by molar-refractivity contribution is 5.95. The number of hydrogen-bond acceptors (Lipinski definition) is 3. The highest BCUT2D eigenvalue weighted by atomic mass is 19.2. The third-order valence-electron chi connectivity index (χ3n) is 4.48. The maximum Gasteiger partial charge on any atom is 0.311 e. The Balaban J connectivity index is 1.58. The molecule has 27 heavy (non-hydrogen) atoms. The van der Waals surface area contributed by atoms with Crippen LogP contribution in [-0.4, -0.2) is 18.0 Å². The summed E-state index contributed by atoms with van der Waals surface area (Å²) in [6, 6.07) is 7.40. The molecule has 0 saturated carbocycles. The van der Waals surface area contributed by atoms with Crippen LogP contribution < -0.4 is 5.32 Å². The number of amides is 1. The Bertz CT molecular complexity index is 898. The van der Waals surface area contributed by atoms with Gasteiger partial charge in [-0.3, -0.25) is 9.59 Å². The number of halogens is 3. The van der Waals surface area contributed by atoms with Gasteiger partial charge in [0.2, 0.25) is 0 Å². The molecule has 3 rings (SSSR count). The van der Waals surface area contributed by atoms with Gasteiger partial charge < -0.3 is 10.1 Å². The van der Waals surface area contributed by atoms with Crippen LogP contribution in [0.15, 0.2) is 30.3 Å². The second-order valence-electron chi connectivity index (χ2n) is 6.48. The Morgan fingerprint density at radius 3 is 2.59 bits per heavy atom. The first-order valence-corrected chi connectivity index (χ1v) is 8.59. The predicted octanol–water partition coefficient (Wildman–Crippen LogP) is 3.71. The lowest BCUT2D eigenvalue weighted by molar-refractivity contribution is -0.152. The van der Waals surface area contributed by atoms with Gasteiger partial charge in [-0.2, -0.15) is 0 Å². The number of anilines is 1. The molecule has 1 aliphatic rings. The number of ether oxygens (including phenoxy) is 1. The Labute approximate surface area is 154 Å². The molecule has 4 nitrogen and oxygen atoms in total. The number of aryl methyl sites for hydroxylation is 2. The van der Waals surface area contributed by atoms with Crippen molar-refractivity contribution in [2.24, 2.45) is 0 Å². The van der Waals surface area contributed by atoms with E-state index in [0.717, 1.165) is 30.9 Å². The topological polar surface area (TPSA) is 55.4 Å². The van der Waals surface area contributed by atoms with E-state index < -0.39 is 41.1 Å². The van der Waals surface area contributed by atoms with E-state index in [1.165, 1.54) is 18.1 Å². The molecule has 0 saturated heterocycles. The van der Waals surface area contributed by atoms with Crippen LogP contribution in [0, 0.1) is 17.5 Å². The van der Waals surface area contributed by atoms with Crippen LogP contribution in [0.3, 0.4) is 0 Å². The van der Waals surface area contributed by atoms with E-state index in [9.17, 15) is 22.8 Å². The van der Waals surface area contributed by atoms with E-state index in [2.05, 4.69) is 5.32 Å². The van der Waals surface area contributed by atoms with Crippen molar-refractivity contribution in [2.45, 2.75) is 38.7 Å². The first kappa shape index (κ1) is 18.9. The van der Waals surface area contributed by atoms with Crippen molar-refractivity contribution in [2.75, 3.05) is 5.32 Å². The fraction of sp³-hybridized carbons (Fsp3) is 0.300. The van der Waals surface area contributed by atoms with Crippen molar-refractivity contribution in [3.63, 3.8) is 0 Å². The molecule has 0 fully saturated rings. The van der Waals surface area contributed by atoms with Gasteiger partial charge in [-0.05, 0) is 55.0 Å². The van der Waals surface area contributed by atoms with Gasteiger partial charge >= 0.3 is 5.97 Å². The number of carbonyl (C=O) groups excluding carboxylic acids is 2. The molecule has 2 aromatic rings. The fourth-order valence-electron chi connectivity index (χ4n) is 3.05. The molecule has 1 amide bonds. The number of hydrogen-bond donors (Lipinski definition) is 1. The lowest BCUT2D eigenvalue weighted by atomic mass is 10.0. The third-order valence-corrected chi connectivity index (χ3v) is 4.48. The lowest BCUT2D eigenvalue weighted by Gasteiger charge is -2.14. The SMILES string of the molecule is C[C@H](OC(=O)Cc1ccc2c(c1)CCC2)C(=O)Nc1ccc(F)c(F)c1F. The summed E-state index contributed by atoms with van der Waals surface area (Å²) in [5.41, 5.74) is 2.77. The Morgan fingerprint density at radius 1 is 1.07 bits per heavy atom. The van der Waals surface area contributed by atoms with Crippen LogP contribution in [0.1, 0.15) is 30.0 Å². The summed E-state index contributed by atoms with van der Waals surface area (Å²) in [7, 11) is 0. The molecule has 0 radical (unpaired) electrons. The first-order chi connectivity index (χ1) is 12.8. The van der Waals surface area contributed by atoms with Crippen LogP contribution in [0.5, 0.6) is 0 Å². The maximum absolute atomic E-state index is 13.6. The highest BCUT2D eigenvalue weighted by Gasteiger charge is 2.22. The van der Waals surface area contributed by atoms with Crippen LogP contribution in [0.2, 0.25) is 0 Å². The standard InChI is InChI=1S/C20H18F3NO3/c1-11(20(26)24-16-8-7-15(21)18(22)19(16)23)27-17(25)10-12-5-6-13-3-2-4-14(13)9-12/h5-9,11H,2-4,10H2,1H3,(H,24,26)/t11-/m0/s1. The lowest BCUT2D eigenvalue weighted by Crippen LogP contribution is -2.31. The van der Waals surface area contributed by atoms with E-state index in [0.29, 0.717) is 6.07 Å². The minimum Gasteiger partial charge on any atom is -0.452 e. The van der Waals surface area contributed by atoms with E-state index in [1.807, 2.05) is 18.2 Å². The molecule has 142 valence electrons. The third kappa shape index (κ3) is 4.30. The van der Waals surface area contributed by atoms with E-state index >= 15 is 0 Å². The molecule has 0 aromatic heterocycles. The molecule has 1 atom stereocenters. The van der Waals surface area contributed by atoms with E-state index in [1.54, 1.807) is 0 Å². The molecule has 0 heterocycles. The average Bonchev–Trinajstić information content (AvgIpc) is 3.09. The van der Waals surface area contributed by atoms with Crippen molar-refractivity contribution < 1.29 is 27.5 Å². The number of carbonyl (C=O) groups is 2. The molecule has 0 bridgehead atoms. The largest absolute Gasteiger partial charge is 0.452 e.